The van der Waals surface area contributed by atoms with E-state index in [-0.39, 0.29) is 17.9 Å². The largest absolute Gasteiger partial charge is 0.343 e. The minimum absolute atomic E-state index is 0.0361. The van der Waals surface area contributed by atoms with Gasteiger partial charge in [0.05, 0.1) is 5.25 Å². The van der Waals surface area contributed by atoms with Gasteiger partial charge < -0.3 is 4.90 Å². The summed E-state index contributed by atoms with van der Waals surface area (Å²) in [5.41, 5.74) is 0. The second-order valence-electron chi connectivity index (χ2n) is 5.81. The first-order chi connectivity index (χ1) is 8.67. The zero-order chi connectivity index (χ0) is 14.8. The number of piperidine rings is 1. The van der Waals surface area contributed by atoms with Gasteiger partial charge in [0, 0.05) is 32.1 Å². The van der Waals surface area contributed by atoms with E-state index in [0.717, 1.165) is 0 Å². The molecule has 1 heterocycles. The van der Waals surface area contributed by atoms with Gasteiger partial charge in [0.15, 0.2) is 0 Å². The van der Waals surface area contributed by atoms with E-state index in [1.165, 1.54) is 4.31 Å². The Hall–Kier alpha value is -0.620. The van der Waals surface area contributed by atoms with Crippen LogP contribution in [0.25, 0.3) is 0 Å². The highest BCUT2D eigenvalue weighted by Crippen LogP contribution is 2.23. The maximum atomic E-state index is 12.2. The molecule has 1 fully saturated rings. The molecular formula is C13H26N2O3S. The SMILES string of the molecule is CC(C)N(C)C(=O)C1CCN(S(=O)(=O)C(C)C)CC1. The van der Waals surface area contributed by atoms with Crippen molar-refractivity contribution in [2.24, 2.45) is 5.92 Å². The first-order valence-electron chi connectivity index (χ1n) is 6.93. The minimum atomic E-state index is -3.18. The third-order valence-corrected chi connectivity index (χ3v) is 6.16. The average molecular weight is 290 g/mol. The quantitative estimate of drug-likeness (QED) is 0.784. The molecular weight excluding hydrogens is 264 g/mol. The molecule has 0 saturated carbocycles. The maximum absolute atomic E-state index is 12.2. The van der Waals surface area contributed by atoms with Crippen LogP contribution in [0, 0.1) is 5.92 Å². The molecule has 1 aliphatic heterocycles. The van der Waals surface area contributed by atoms with Gasteiger partial charge in [-0.05, 0) is 40.5 Å². The molecule has 0 unspecified atom stereocenters. The molecule has 0 aromatic carbocycles. The number of amides is 1. The highest BCUT2D eigenvalue weighted by molar-refractivity contribution is 7.89. The molecule has 1 rings (SSSR count). The Morgan fingerprint density at radius 2 is 1.63 bits per heavy atom. The molecule has 5 nitrogen and oxygen atoms in total. The van der Waals surface area contributed by atoms with Gasteiger partial charge in [0.2, 0.25) is 15.9 Å². The van der Waals surface area contributed by atoms with Crippen LogP contribution in [0.4, 0.5) is 0 Å². The van der Waals surface area contributed by atoms with Crippen molar-refractivity contribution in [3.8, 4) is 0 Å². The van der Waals surface area contributed by atoms with E-state index in [2.05, 4.69) is 0 Å². The number of sulfonamides is 1. The lowest BCUT2D eigenvalue weighted by Crippen LogP contribution is -2.46. The van der Waals surface area contributed by atoms with Gasteiger partial charge in [-0.2, -0.15) is 0 Å². The van der Waals surface area contributed by atoms with Crippen LogP contribution >= 0.6 is 0 Å². The minimum Gasteiger partial charge on any atom is -0.343 e. The van der Waals surface area contributed by atoms with Crippen molar-refractivity contribution in [1.29, 1.82) is 0 Å². The third-order valence-electron chi connectivity index (χ3n) is 3.88. The van der Waals surface area contributed by atoms with Gasteiger partial charge in [-0.1, -0.05) is 0 Å². The molecule has 1 saturated heterocycles. The molecule has 0 bridgehead atoms. The van der Waals surface area contributed by atoms with Gasteiger partial charge in [-0.25, -0.2) is 12.7 Å². The van der Waals surface area contributed by atoms with E-state index in [1.54, 1.807) is 18.7 Å². The number of hydrogen-bond acceptors (Lipinski definition) is 3. The summed E-state index contributed by atoms with van der Waals surface area (Å²) in [6, 6.07) is 0.185. The number of carbonyl (C=O) groups is 1. The number of nitrogens with zero attached hydrogens (tertiary/aromatic N) is 2. The first kappa shape index (κ1) is 16.4. The van der Waals surface area contributed by atoms with Gasteiger partial charge in [-0.3, -0.25) is 4.79 Å². The maximum Gasteiger partial charge on any atom is 0.225 e. The van der Waals surface area contributed by atoms with E-state index in [4.69, 9.17) is 0 Å². The van der Waals surface area contributed by atoms with Crippen molar-refractivity contribution < 1.29 is 13.2 Å². The normalized spacial score (nSPS) is 19.1. The molecule has 1 amide bonds. The Labute approximate surface area is 117 Å². The first-order valence-corrected chi connectivity index (χ1v) is 8.44. The van der Waals surface area contributed by atoms with E-state index >= 15 is 0 Å². The summed E-state index contributed by atoms with van der Waals surface area (Å²) in [5.74, 6) is 0.0996. The van der Waals surface area contributed by atoms with Crippen molar-refractivity contribution in [2.75, 3.05) is 20.1 Å². The lowest BCUT2D eigenvalue weighted by molar-refractivity contribution is -0.136. The summed E-state index contributed by atoms with van der Waals surface area (Å²) in [6.07, 6.45) is 1.25. The van der Waals surface area contributed by atoms with Gasteiger partial charge >= 0.3 is 0 Å². The fourth-order valence-electron chi connectivity index (χ4n) is 2.20. The topological polar surface area (TPSA) is 57.7 Å². The predicted molar refractivity (Wildman–Crippen MR) is 76.3 cm³/mol. The summed E-state index contributed by atoms with van der Waals surface area (Å²) in [5, 5.41) is -0.391. The summed E-state index contributed by atoms with van der Waals surface area (Å²) in [6.45, 7) is 8.27. The van der Waals surface area contributed by atoms with Crippen LogP contribution in [-0.4, -0.2) is 55.0 Å². The van der Waals surface area contributed by atoms with Crippen LogP contribution < -0.4 is 0 Å². The van der Waals surface area contributed by atoms with Crippen LogP contribution in [0.15, 0.2) is 0 Å². The average Bonchev–Trinajstić information content (AvgIpc) is 2.36. The van der Waals surface area contributed by atoms with E-state index in [1.807, 2.05) is 20.9 Å². The highest BCUT2D eigenvalue weighted by Gasteiger charge is 2.33. The molecule has 0 radical (unpaired) electrons. The second kappa shape index (κ2) is 6.22. The lowest BCUT2D eigenvalue weighted by atomic mass is 9.96. The molecule has 0 N–H and O–H groups in total. The Morgan fingerprint density at radius 1 is 1.16 bits per heavy atom. The van der Waals surface area contributed by atoms with Crippen molar-refractivity contribution in [1.82, 2.24) is 9.21 Å². The molecule has 0 spiro atoms. The van der Waals surface area contributed by atoms with Crippen LogP contribution in [-0.2, 0) is 14.8 Å². The number of hydrogen-bond donors (Lipinski definition) is 0. The third kappa shape index (κ3) is 3.69. The van der Waals surface area contributed by atoms with Gasteiger partial charge in [0.1, 0.15) is 0 Å². The van der Waals surface area contributed by atoms with Crippen LogP contribution in [0.2, 0.25) is 0 Å². The molecule has 0 aliphatic carbocycles. The lowest BCUT2D eigenvalue weighted by Gasteiger charge is -2.34. The Bertz CT molecular complexity index is 410. The van der Waals surface area contributed by atoms with Crippen LogP contribution in [0.1, 0.15) is 40.5 Å². The molecule has 0 aromatic heterocycles. The standard InChI is InChI=1S/C13H26N2O3S/c1-10(2)14(5)13(16)12-6-8-15(9-7-12)19(17,18)11(3)4/h10-12H,6-9H2,1-5H3. The Morgan fingerprint density at radius 3 is 2.00 bits per heavy atom. The van der Waals surface area contributed by atoms with Crippen LogP contribution in [0.3, 0.4) is 0 Å². The number of rotatable bonds is 4. The number of carbonyl (C=O) groups excluding carboxylic acids is 1. The predicted octanol–water partition coefficient (Wildman–Crippen LogP) is 1.30. The van der Waals surface area contributed by atoms with E-state index < -0.39 is 15.3 Å². The van der Waals surface area contributed by atoms with Crippen LogP contribution in [0.5, 0.6) is 0 Å². The highest BCUT2D eigenvalue weighted by atomic mass is 32.2. The fraction of sp³-hybridized carbons (Fsp3) is 0.923. The van der Waals surface area contributed by atoms with E-state index in [0.29, 0.717) is 25.9 Å². The zero-order valence-electron chi connectivity index (χ0n) is 12.6. The molecule has 0 aromatic rings. The van der Waals surface area contributed by atoms with Gasteiger partial charge in [0.25, 0.3) is 0 Å². The second-order valence-corrected chi connectivity index (χ2v) is 8.30. The molecule has 112 valence electrons. The molecule has 0 atom stereocenters. The smallest absolute Gasteiger partial charge is 0.225 e. The molecule has 1 aliphatic rings. The van der Waals surface area contributed by atoms with Crippen molar-refractivity contribution in [3.05, 3.63) is 0 Å². The molecule has 6 heteroatoms. The van der Waals surface area contributed by atoms with Gasteiger partial charge in [-0.15, -0.1) is 0 Å². The monoisotopic (exact) mass is 290 g/mol. The zero-order valence-corrected chi connectivity index (χ0v) is 13.4. The molecule has 19 heavy (non-hydrogen) atoms. The Kier molecular flexibility index (Phi) is 5.38. The van der Waals surface area contributed by atoms with Crippen molar-refractivity contribution in [3.63, 3.8) is 0 Å². The summed E-state index contributed by atoms with van der Waals surface area (Å²) in [7, 11) is -1.37. The summed E-state index contributed by atoms with van der Waals surface area (Å²) in [4.78, 5) is 13.9. The summed E-state index contributed by atoms with van der Waals surface area (Å²) >= 11 is 0. The Balaban J connectivity index is 2.61. The van der Waals surface area contributed by atoms with Crippen molar-refractivity contribution >= 4 is 15.9 Å². The summed E-state index contributed by atoms with van der Waals surface area (Å²) < 4.78 is 25.6. The fourth-order valence-corrected chi connectivity index (χ4v) is 3.51. The van der Waals surface area contributed by atoms with Crippen molar-refractivity contribution in [2.45, 2.75) is 51.8 Å². The van der Waals surface area contributed by atoms with E-state index in [9.17, 15) is 13.2 Å².